The lowest BCUT2D eigenvalue weighted by Crippen LogP contribution is -2.28. The molecule has 5 nitrogen and oxygen atoms in total. The normalized spacial score (nSPS) is 14.5. The fourth-order valence-electron chi connectivity index (χ4n) is 1.98. The van der Waals surface area contributed by atoms with Crippen molar-refractivity contribution >= 4 is 11.8 Å². The van der Waals surface area contributed by atoms with Crippen LogP contribution in [0.1, 0.15) is 0 Å². The second-order valence-electron chi connectivity index (χ2n) is 4.66. The number of likely N-dealkylation sites (N-methyl/N-ethyl adjacent to an activating group) is 1. The molecule has 2 aromatic rings. The molecule has 0 aromatic heterocycles. The standard InChI is InChI=1S/C17H13NO4/c1-18-16(19)14(21-12-8-4-2-5-9-12)15(17(18)20)22-13-10-6-3-7-11-13/h2-11H,1H3. The Kier molecular flexibility index (Phi) is 3.62. The maximum atomic E-state index is 12.2. The summed E-state index contributed by atoms with van der Waals surface area (Å²) in [5.41, 5.74) is 0. The summed E-state index contributed by atoms with van der Waals surface area (Å²) in [5.74, 6) is -0.351. The minimum atomic E-state index is -0.528. The average Bonchev–Trinajstić information content (AvgIpc) is 2.75. The molecule has 1 heterocycles. The summed E-state index contributed by atoms with van der Waals surface area (Å²) in [4.78, 5) is 25.3. The van der Waals surface area contributed by atoms with E-state index in [1.54, 1.807) is 48.5 Å². The Hall–Kier alpha value is -3.08. The van der Waals surface area contributed by atoms with E-state index in [0.29, 0.717) is 11.5 Å². The predicted octanol–water partition coefficient (Wildman–Crippen LogP) is 2.35. The Balaban J connectivity index is 1.96. The van der Waals surface area contributed by atoms with Gasteiger partial charge < -0.3 is 9.47 Å². The summed E-state index contributed by atoms with van der Waals surface area (Å²) in [7, 11) is 1.39. The summed E-state index contributed by atoms with van der Waals surface area (Å²) in [6.45, 7) is 0. The molecule has 2 amide bonds. The topological polar surface area (TPSA) is 55.8 Å². The van der Waals surface area contributed by atoms with Crippen molar-refractivity contribution in [1.29, 1.82) is 0 Å². The van der Waals surface area contributed by atoms with Gasteiger partial charge in [0.15, 0.2) is 0 Å². The van der Waals surface area contributed by atoms with Crippen LogP contribution in [0.3, 0.4) is 0 Å². The van der Waals surface area contributed by atoms with Crippen LogP contribution in [0.15, 0.2) is 72.2 Å². The van der Waals surface area contributed by atoms with Gasteiger partial charge in [0.05, 0.1) is 0 Å². The van der Waals surface area contributed by atoms with Gasteiger partial charge in [-0.2, -0.15) is 0 Å². The van der Waals surface area contributed by atoms with E-state index in [-0.39, 0.29) is 11.5 Å². The van der Waals surface area contributed by atoms with E-state index in [1.165, 1.54) is 7.05 Å². The van der Waals surface area contributed by atoms with Crippen LogP contribution in [0.2, 0.25) is 0 Å². The number of carbonyl (C=O) groups excluding carboxylic acids is 2. The van der Waals surface area contributed by atoms with Crippen molar-refractivity contribution in [3.63, 3.8) is 0 Å². The number of amides is 2. The molecule has 0 radical (unpaired) electrons. The Morgan fingerprint density at radius 3 is 1.41 bits per heavy atom. The highest BCUT2D eigenvalue weighted by atomic mass is 16.5. The molecule has 0 saturated heterocycles. The monoisotopic (exact) mass is 295 g/mol. The number of hydrogen-bond acceptors (Lipinski definition) is 4. The van der Waals surface area contributed by atoms with E-state index < -0.39 is 11.8 Å². The first-order chi connectivity index (χ1) is 10.7. The van der Waals surface area contributed by atoms with Gasteiger partial charge in [-0.15, -0.1) is 0 Å². The van der Waals surface area contributed by atoms with Crippen LogP contribution in [0.4, 0.5) is 0 Å². The molecule has 0 bridgehead atoms. The lowest BCUT2D eigenvalue weighted by Gasteiger charge is -2.07. The zero-order valence-electron chi connectivity index (χ0n) is 11.9. The SMILES string of the molecule is CN1C(=O)C(Oc2ccccc2)=C(Oc2ccccc2)C1=O. The molecule has 1 aliphatic heterocycles. The number of benzene rings is 2. The molecular weight excluding hydrogens is 282 g/mol. The van der Waals surface area contributed by atoms with Crippen LogP contribution in [-0.4, -0.2) is 23.8 Å². The average molecular weight is 295 g/mol. The van der Waals surface area contributed by atoms with Gasteiger partial charge in [0.1, 0.15) is 11.5 Å². The van der Waals surface area contributed by atoms with Crippen molar-refractivity contribution in [3.05, 3.63) is 72.2 Å². The summed E-state index contributed by atoms with van der Waals surface area (Å²) >= 11 is 0. The molecule has 3 rings (SSSR count). The molecule has 22 heavy (non-hydrogen) atoms. The van der Waals surface area contributed by atoms with Crippen LogP contribution in [0.5, 0.6) is 11.5 Å². The molecule has 1 aliphatic rings. The van der Waals surface area contributed by atoms with Gasteiger partial charge in [-0.1, -0.05) is 36.4 Å². The first-order valence-electron chi connectivity index (χ1n) is 6.69. The van der Waals surface area contributed by atoms with Crippen molar-refractivity contribution < 1.29 is 19.1 Å². The van der Waals surface area contributed by atoms with Crippen molar-refractivity contribution in [2.24, 2.45) is 0 Å². The number of carbonyl (C=O) groups is 2. The van der Waals surface area contributed by atoms with Crippen LogP contribution in [0.25, 0.3) is 0 Å². The maximum Gasteiger partial charge on any atom is 0.300 e. The molecule has 5 heteroatoms. The molecule has 0 N–H and O–H groups in total. The van der Waals surface area contributed by atoms with Gasteiger partial charge in [0.25, 0.3) is 11.8 Å². The molecule has 0 spiro atoms. The number of ether oxygens (including phenoxy) is 2. The number of para-hydroxylation sites is 2. The van der Waals surface area contributed by atoms with E-state index in [9.17, 15) is 9.59 Å². The lowest BCUT2D eigenvalue weighted by atomic mass is 10.3. The highest BCUT2D eigenvalue weighted by Gasteiger charge is 2.40. The molecule has 110 valence electrons. The van der Waals surface area contributed by atoms with E-state index >= 15 is 0 Å². The van der Waals surface area contributed by atoms with Gasteiger partial charge in [0, 0.05) is 7.05 Å². The molecule has 0 unspecified atom stereocenters. The number of rotatable bonds is 4. The second-order valence-corrected chi connectivity index (χ2v) is 4.66. The van der Waals surface area contributed by atoms with Crippen LogP contribution < -0.4 is 9.47 Å². The quantitative estimate of drug-likeness (QED) is 0.813. The van der Waals surface area contributed by atoms with Crippen LogP contribution >= 0.6 is 0 Å². The van der Waals surface area contributed by atoms with E-state index in [4.69, 9.17) is 9.47 Å². The first-order valence-corrected chi connectivity index (χ1v) is 6.69. The lowest BCUT2D eigenvalue weighted by molar-refractivity contribution is -0.137. The Morgan fingerprint density at radius 2 is 1.05 bits per heavy atom. The van der Waals surface area contributed by atoms with Crippen LogP contribution in [0, 0.1) is 0 Å². The summed E-state index contributed by atoms with van der Waals surface area (Å²) in [6.07, 6.45) is 0. The molecule has 0 fully saturated rings. The zero-order chi connectivity index (χ0) is 15.5. The number of nitrogens with zero attached hydrogens (tertiary/aromatic N) is 1. The summed E-state index contributed by atoms with van der Waals surface area (Å²) in [5, 5.41) is 0. The highest BCUT2D eigenvalue weighted by Crippen LogP contribution is 2.26. The largest absolute Gasteiger partial charge is 0.447 e. The van der Waals surface area contributed by atoms with Gasteiger partial charge in [-0.3, -0.25) is 14.5 Å². The van der Waals surface area contributed by atoms with Crippen molar-refractivity contribution in [2.45, 2.75) is 0 Å². The van der Waals surface area contributed by atoms with Gasteiger partial charge in [-0.05, 0) is 24.3 Å². The Bertz CT molecular complexity index is 674. The van der Waals surface area contributed by atoms with E-state index in [0.717, 1.165) is 4.90 Å². The number of imide groups is 1. The van der Waals surface area contributed by atoms with Crippen molar-refractivity contribution in [1.82, 2.24) is 4.90 Å². The maximum absolute atomic E-state index is 12.2. The summed E-state index contributed by atoms with van der Waals surface area (Å²) < 4.78 is 11.1. The Labute approximate surface area is 127 Å². The van der Waals surface area contributed by atoms with E-state index in [1.807, 2.05) is 12.1 Å². The predicted molar refractivity (Wildman–Crippen MR) is 78.9 cm³/mol. The third-order valence-corrected chi connectivity index (χ3v) is 3.13. The molecular formula is C17H13NO4. The third kappa shape index (κ3) is 2.56. The first kappa shape index (κ1) is 13.9. The third-order valence-electron chi connectivity index (χ3n) is 3.13. The van der Waals surface area contributed by atoms with E-state index in [2.05, 4.69) is 0 Å². The van der Waals surface area contributed by atoms with Crippen molar-refractivity contribution in [2.75, 3.05) is 7.05 Å². The molecule has 0 atom stereocenters. The smallest absolute Gasteiger partial charge is 0.300 e. The van der Waals surface area contributed by atoms with Crippen LogP contribution in [-0.2, 0) is 9.59 Å². The fraction of sp³-hybridized carbons (Fsp3) is 0.0588. The summed E-state index contributed by atoms with van der Waals surface area (Å²) in [6, 6.07) is 17.6. The number of hydrogen-bond donors (Lipinski definition) is 0. The zero-order valence-corrected chi connectivity index (χ0v) is 11.9. The fourth-order valence-corrected chi connectivity index (χ4v) is 1.98. The van der Waals surface area contributed by atoms with Crippen molar-refractivity contribution in [3.8, 4) is 11.5 Å². The minimum absolute atomic E-state index is 0.109. The van der Waals surface area contributed by atoms with Gasteiger partial charge in [0.2, 0.25) is 11.5 Å². The Morgan fingerprint density at radius 1 is 0.682 bits per heavy atom. The minimum Gasteiger partial charge on any atom is -0.447 e. The van der Waals surface area contributed by atoms with Gasteiger partial charge in [-0.25, -0.2) is 0 Å². The second kappa shape index (κ2) is 5.73. The van der Waals surface area contributed by atoms with Gasteiger partial charge >= 0.3 is 0 Å². The molecule has 0 saturated carbocycles. The molecule has 2 aromatic carbocycles. The molecule has 0 aliphatic carbocycles. The highest BCUT2D eigenvalue weighted by molar-refractivity contribution is 6.17.